The van der Waals surface area contributed by atoms with Crippen LogP contribution in [-0.2, 0) is 17.9 Å². The first-order chi connectivity index (χ1) is 15.3. The van der Waals surface area contributed by atoms with Gasteiger partial charge in [-0.15, -0.1) is 0 Å². The molecule has 0 spiro atoms. The fraction of sp³-hybridized carbons (Fsp3) is 0.333. The van der Waals surface area contributed by atoms with E-state index in [4.69, 9.17) is 11.6 Å². The fourth-order valence-corrected chi connectivity index (χ4v) is 4.12. The summed E-state index contributed by atoms with van der Waals surface area (Å²) < 4.78 is 3.56. The molecule has 3 heterocycles. The van der Waals surface area contributed by atoms with Crippen molar-refractivity contribution >= 4 is 28.5 Å². The number of amides is 1. The van der Waals surface area contributed by atoms with Crippen LogP contribution in [0.25, 0.3) is 22.2 Å². The van der Waals surface area contributed by atoms with Crippen LogP contribution in [-0.4, -0.2) is 37.0 Å². The maximum Gasteiger partial charge on any atom is 0.241 e. The number of benzene rings is 1. The normalized spacial score (nSPS) is 11.3. The summed E-state index contributed by atoms with van der Waals surface area (Å²) in [6.07, 6.45) is 2.54. The van der Waals surface area contributed by atoms with E-state index in [1.807, 2.05) is 37.6 Å². The highest BCUT2D eigenvalue weighted by Gasteiger charge is 2.16. The molecule has 0 saturated heterocycles. The maximum absolute atomic E-state index is 12.6. The molecule has 0 aliphatic rings. The van der Waals surface area contributed by atoms with Gasteiger partial charge in [-0.05, 0) is 51.3 Å². The van der Waals surface area contributed by atoms with Crippen LogP contribution >= 0.6 is 11.6 Å². The van der Waals surface area contributed by atoms with E-state index >= 15 is 0 Å². The molecular weight excluding hydrogens is 424 g/mol. The van der Waals surface area contributed by atoms with E-state index in [0.29, 0.717) is 23.8 Å². The van der Waals surface area contributed by atoms with Crippen molar-refractivity contribution in [2.24, 2.45) is 0 Å². The Hall–Kier alpha value is -3.19. The van der Waals surface area contributed by atoms with Crippen LogP contribution in [0.2, 0.25) is 5.02 Å². The Morgan fingerprint density at radius 2 is 1.84 bits per heavy atom. The average Bonchev–Trinajstić information content (AvgIpc) is 3.22. The Morgan fingerprint density at radius 1 is 1.06 bits per heavy atom. The van der Waals surface area contributed by atoms with Crippen molar-refractivity contribution in [3.05, 3.63) is 64.2 Å². The van der Waals surface area contributed by atoms with Gasteiger partial charge in [0.1, 0.15) is 6.54 Å². The summed E-state index contributed by atoms with van der Waals surface area (Å²) in [5.74, 6) is -0.0939. The number of hydrogen-bond acceptors (Lipinski definition) is 4. The molecule has 1 N–H and O–H groups in total. The lowest BCUT2D eigenvalue weighted by Gasteiger charge is -2.08. The first-order valence-corrected chi connectivity index (χ1v) is 11.1. The number of aromatic nitrogens is 5. The van der Waals surface area contributed by atoms with Crippen LogP contribution in [0.5, 0.6) is 0 Å². The van der Waals surface area contributed by atoms with Crippen molar-refractivity contribution < 1.29 is 4.79 Å². The van der Waals surface area contributed by atoms with Crippen molar-refractivity contribution in [3.63, 3.8) is 0 Å². The largest absolute Gasteiger partial charge is 0.354 e. The van der Waals surface area contributed by atoms with Crippen LogP contribution in [0.4, 0.5) is 0 Å². The van der Waals surface area contributed by atoms with Crippen LogP contribution < -0.4 is 5.32 Å². The number of hydrogen-bond donors (Lipinski definition) is 1. The highest BCUT2D eigenvalue weighted by atomic mass is 35.5. The molecule has 0 bridgehead atoms. The van der Waals surface area contributed by atoms with Crippen LogP contribution in [0.3, 0.4) is 0 Å². The van der Waals surface area contributed by atoms with Gasteiger partial charge in [0.25, 0.3) is 0 Å². The van der Waals surface area contributed by atoms with Gasteiger partial charge < -0.3 is 5.32 Å². The van der Waals surface area contributed by atoms with Crippen LogP contribution in [0.1, 0.15) is 29.1 Å². The molecule has 0 fully saturated rings. The SMILES string of the molecule is Cc1cccc(-c2ccnc3c2c(C)nn3CC(=O)NCCCn2nc(C)c(Cl)c2C)c1. The molecular formula is C24H27ClN6O. The monoisotopic (exact) mass is 450 g/mol. The molecule has 0 aliphatic heterocycles. The summed E-state index contributed by atoms with van der Waals surface area (Å²) in [4.78, 5) is 17.1. The molecule has 4 aromatic rings. The zero-order chi connectivity index (χ0) is 22.8. The highest BCUT2D eigenvalue weighted by Crippen LogP contribution is 2.30. The number of carbonyl (C=O) groups is 1. The van der Waals surface area contributed by atoms with Gasteiger partial charge in [0.2, 0.25) is 5.91 Å². The van der Waals surface area contributed by atoms with E-state index < -0.39 is 0 Å². The Balaban J connectivity index is 1.43. The van der Waals surface area contributed by atoms with Gasteiger partial charge in [0.15, 0.2) is 5.65 Å². The van der Waals surface area contributed by atoms with Gasteiger partial charge in [0, 0.05) is 24.7 Å². The van der Waals surface area contributed by atoms with E-state index in [1.54, 1.807) is 10.9 Å². The van der Waals surface area contributed by atoms with Crippen LogP contribution in [0, 0.1) is 27.7 Å². The zero-order valence-electron chi connectivity index (χ0n) is 18.8. The molecule has 0 radical (unpaired) electrons. The molecule has 1 amide bonds. The number of nitrogens with one attached hydrogen (secondary N) is 1. The topological polar surface area (TPSA) is 77.6 Å². The summed E-state index contributed by atoms with van der Waals surface area (Å²) in [5, 5.41) is 13.7. The molecule has 7 nitrogen and oxygen atoms in total. The number of rotatable bonds is 7. The Labute approximate surface area is 192 Å². The summed E-state index contributed by atoms with van der Waals surface area (Å²) >= 11 is 6.19. The smallest absolute Gasteiger partial charge is 0.241 e. The third-order valence-corrected chi connectivity index (χ3v) is 6.14. The van der Waals surface area contributed by atoms with E-state index in [1.165, 1.54) is 5.56 Å². The molecule has 0 aliphatic carbocycles. The van der Waals surface area contributed by atoms with Crippen molar-refractivity contribution in [2.75, 3.05) is 6.54 Å². The minimum atomic E-state index is -0.0939. The number of aryl methyl sites for hydroxylation is 4. The van der Waals surface area contributed by atoms with Crippen molar-refractivity contribution in [2.45, 2.75) is 47.2 Å². The van der Waals surface area contributed by atoms with Gasteiger partial charge in [-0.25, -0.2) is 9.67 Å². The van der Waals surface area contributed by atoms with E-state index in [2.05, 4.69) is 45.6 Å². The molecule has 3 aromatic heterocycles. The minimum absolute atomic E-state index is 0.0939. The third kappa shape index (κ3) is 4.39. The lowest BCUT2D eigenvalue weighted by Crippen LogP contribution is -2.29. The second-order valence-corrected chi connectivity index (χ2v) is 8.46. The van der Waals surface area contributed by atoms with Gasteiger partial charge in [-0.1, -0.05) is 41.4 Å². The molecule has 0 unspecified atom stereocenters. The number of nitrogens with zero attached hydrogens (tertiary/aromatic N) is 5. The van der Waals surface area contributed by atoms with Crippen LogP contribution in [0.15, 0.2) is 36.5 Å². The third-order valence-electron chi connectivity index (χ3n) is 5.59. The van der Waals surface area contributed by atoms with Crippen molar-refractivity contribution in [1.29, 1.82) is 0 Å². The minimum Gasteiger partial charge on any atom is -0.354 e. The lowest BCUT2D eigenvalue weighted by atomic mass is 10.0. The standard InChI is InChI=1S/C24H27ClN6O/c1-15-7-5-8-19(13-15)20-9-11-27-24-22(20)16(2)28-31(24)14-21(32)26-10-6-12-30-18(4)23(25)17(3)29-30/h5,7-9,11,13H,6,10,12,14H2,1-4H3,(H,26,32). The van der Waals surface area contributed by atoms with Crippen molar-refractivity contribution in [3.8, 4) is 11.1 Å². The number of carbonyl (C=O) groups excluding carboxylic acids is 1. The quantitative estimate of drug-likeness (QED) is 0.423. The molecule has 8 heteroatoms. The molecule has 166 valence electrons. The predicted molar refractivity (Wildman–Crippen MR) is 127 cm³/mol. The summed E-state index contributed by atoms with van der Waals surface area (Å²) in [5.41, 5.74) is 6.74. The number of fused-ring (bicyclic) bond motifs is 1. The average molecular weight is 451 g/mol. The fourth-order valence-electron chi connectivity index (χ4n) is 3.99. The Kier molecular flexibility index (Phi) is 6.28. The summed E-state index contributed by atoms with van der Waals surface area (Å²) in [6, 6.07) is 10.4. The summed E-state index contributed by atoms with van der Waals surface area (Å²) in [6.45, 7) is 9.25. The summed E-state index contributed by atoms with van der Waals surface area (Å²) in [7, 11) is 0. The maximum atomic E-state index is 12.6. The predicted octanol–water partition coefficient (Wildman–Crippen LogP) is 4.39. The van der Waals surface area contributed by atoms with E-state index in [-0.39, 0.29) is 12.5 Å². The first kappa shape index (κ1) is 22.0. The number of pyridine rings is 1. The zero-order valence-corrected chi connectivity index (χ0v) is 19.6. The van der Waals surface area contributed by atoms with Gasteiger partial charge in [-0.2, -0.15) is 10.2 Å². The molecule has 32 heavy (non-hydrogen) atoms. The van der Waals surface area contributed by atoms with Gasteiger partial charge >= 0.3 is 0 Å². The molecule has 0 atom stereocenters. The highest BCUT2D eigenvalue weighted by molar-refractivity contribution is 6.31. The number of halogens is 1. The van der Waals surface area contributed by atoms with E-state index in [9.17, 15) is 4.79 Å². The molecule has 4 rings (SSSR count). The second-order valence-electron chi connectivity index (χ2n) is 8.08. The second kappa shape index (κ2) is 9.12. The van der Waals surface area contributed by atoms with Gasteiger partial charge in [0.05, 0.1) is 22.1 Å². The lowest BCUT2D eigenvalue weighted by molar-refractivity contribution is -0.121. The van der Waals surface area contributed by atoms with Gasteiger partial charge in [-0.3, -0.25) is 9.48 Å². The molecule has 1 aromatic carbocycles. The Bertz CT molecular complexity index is 1290. The van der Waals surface area contributed by atoms with Crippen molar-refractivity contribution in [1.82, 2.24) is 29.9 Å². The van der Waals surface area contributed by atoms with E-state index in [0.717, 1.165) is 40.0 Å². The first-order valence-electron chi connectivity index (χ1n) is 10.7. The Morgan fingerprint density at radius 3 is 2.56 bits per heavy atom. The molecule has 0 saturated carbocycles.